The van der Waals surface area contributed by atoms with Crippen LogP contribution in [-0.2, 0) is 4.79 Å². The molecule has 0 spiro atoms. The summed E-state index contributed by atoms with van der Waals surface area (Å²) in [6.45, 7) is 10.9. The monoisotopic (exact) mass is 310 g/mol. The first kappa shape index (κ1) is 14.5. The van der Waals surface area contributed by atoms with Gasteiger partial charge in [-0.25, -0.2) is 0 Å². The van der Waals surface area contributed by atoms with Crippen LogP contribution in [0, 0.1) is 0 Å². The van der Waals surface area contributed by atoms with E-state index in [4.69, 9.17) is 0 Å². The Morgan fingerprint density at radius 2 is 1.62 bits per heavy atom. The third-order valence-electron chi connectivity index (χ3n) is 4.21. The van der Waals surface area contributed by atoms with Crippen molar-refractivity contribution in [3.63, 3.8) is 0 Å². The van der Waals surface area contributed by atoms with E-state index in [-0.39, 0.29) is 22.1 Å². The van der Waals surface area contributed by atoms with Crippen LogP contribution in [0.4, 0.5) is 0 Å². The maximum atomic E-state index is 10.9. The molecular weight excluding hydrogens is 288 g/mol. The third-order valence-corrected chi connectivity index (χ3v) is 5.01. The summed E-state index contributed by atoms with van der Waals surface area (Å²) in [6, 6.07) is 0. The van der Waals surface area contributed by atoms with Gasteiger partial charge in [0.05, 0.1) is 19.3 Å². The first-order chi connectivity index (χ1) is 7.04. The van der Waals surface area contributed by atoms with Gasteiger partial charge in [0.1, 0.15) is 39.3 Å². The Morgan fingerprint density at radius 3 is 2.06 bits per heavy atom. The number of thioether (sulfide) groups is 1. The van der Waals surface area contributed by atoms with E-state index in [9.17, 15) is 4.79 Å². The molecule has 3 saturated heterocycles. The van der Waals surface area contributed by atoms with Gasteiger partial charge < -0.3 is 8.97 Å². The highest BCUT2D eigenvalue weighted by Gasteiger charge is 2.46. The van der Waals surface area contributed by atoms with E-state index in [1.807, 2.05) is 0 Å². The number of fused-ring (bicyclic) bond motifs is 3. The molecule has 3 heterocycles. The number of carbonyl (C=O) groups excluding carboxylic acids is 1. The van der Waals surface area contributed by atoms with Gasteiger partial charge in [-0.05, 0) is 0 Å². The fraction of sp³-hybridized carbons (Fsp3) is 0.909. The summed E-state index contributed by atoms with van der Waals surface area (Å²) in [6.07, 6.45) is 0. The Labute approximate surface area is 113 Å². The van der Waals surface area contributed by atoms with Crippen LogP contribution >= 0.6 is 28.7 Å². The molecule has 2 bridgehead atoms. The number of rotatable bonds is 3. The van der Waals surface area contributed by atoms with Gasteiger partial charge in [-0.3, -0.25) is 4.79 Å². The third kappa shape index (κ3) is 3.22. The first-order valence-corrected chi connectivity index (χ1v) is 6.84. The van der Waals surface area contributed by atoms with E-state index in [1.54, 1.807) is 6.92 Å². The Hall–Kier alpha value is 0.420. The van der Waals surface area contributed by atoms with E-state index in [1.165, 1.54) is 66.5 Å². The summed E-state index contributed by atoms with van der Waals surface area (Å²) in [5.74, 6) is 1.01. The van der Waals surface area contributed by atoms with Gasteiger partial charge in [-0.2, -0.15) is 0 Å². The standard InChI is InChI=1S/C11H22N2OS.BrH/c1-11(14)15-10-9-13-6-3-12(2,4-7-13)5-8-13;/h3-10H2,1-2H3;1H/q+2;. The summed E-state index contributed by atoms with van der Waals surface area (Å²) >= 11 is 1.50. The molecule has 16 heavy (non-hydrogen) atoms. The largest absolute Gasteiger partial charge is 0.312 e. The van der Waals surface area contributed by atoms with Crippen molar-refractivity contribution in [3.8, 4) is 0 Å². The number of likely N-dealkylation sites (N-methyl/N-ethyl adjacent to an activating group) is 1. The molecule has 0 atom stereocenters. The minimum atomic E-state index is 0. The van der Waals surface area contributed by atoms with Crippen LogP contribution in [0.15, 0.2) is 0 Å². The second-order valence-electron chi connectivity index (χ2n) is 5.37. The molecular formula is C11H23BrN2OS+2. The second kappa shape index (κ2) is 5.38. The van der Waals surface area contributed by atoms with Gasteiger partial charge in [0.15, 0.2) is 5.12 Å². The molecule has 3 rings (SSSR count). The predicted octanol–water partition coefficient (Wildman–Crippen LogP) is 1.13. The number of halogens is 1. The molecule has 3 aliphatic heterocycles. The number of nitrogens with zero attached hydrogens (tertiary/aromatic N) is 2. The molecule has 0 radical (unpaired) electrons. The quantitative estimate of drug-likeness (QED) is 0.727. The number of hydrogen-bond acceptors (Lipinski definition) is 2. The molecule has 0 amide bonds. The predicted molar refractivity (Wildman–Crippen MR) is 74.0 cm³/mol. The minimum Gasteiger partial charge on any atom is -0.312 e. The average Bonchev–Trinajstić information content (AvgIpc) is 2.20. The summed E-state index contributed by atoms with van der Waals surface area (Å²) in [7, 11) is 2.39. The van der Waals surface area contributed by atoms with Crippen LogP contribution in [0.25, 0.3) is 0 Å². The zero-order chi connectivity index (χ0) is 10.9. The summed E-state index contributed by atoms with van der Waals surface area (Å²) < 4.78 is 2.58. The van der Waals surface area contributed by atoms with E-state index < -0.39 is 0 Å². The van der Waals surface area contributed by atoms with Gasteiger partial charge in [-0.15, -0.1) is 17.0 Å². The van der Waals surface area contributed by atoms with Gasteiger partial charge >= 0.3 is 0 Å². The molecule has 0 aromatic heterocycles. The van der Waals surface area contributed by atoms with Crippen LogP contribution in [0.5, 0.6) is 0 Å². The number of carbonyl (C=O) groups is 1. The maximum Gasteiger partial charge on any atom is 0.186 e. The molecule has 5 heteroatoms. The maximum absolute atomic E-state index is 10.9. The first-order valence-electron chi connectivity index (χ1n) is 5.86. The summed E-state index contributed by atoms with van der Waals surface area (Å²) in [5, 5.41) is 0.267. The Balaban J connectivity index is 0.00000128. The number of hydrogen-bond donors (Lipinski definition) is 0. The van der Waals surface area contributed by atoms with Crippen molar-refractivity contribution in [2.45, 2.75) is 6.92 Å². The van der Waals surface area contributed by atoms with E-state index in [0.717, 1.165) is 5.75 Å². The van der Waals surface area contributed by atoms with Crippen molar-refractivity contribution in [2.24, 2.45) is 0 Å². The topological polar surface area (TPSA) is 17.1 Å². The molecule has 3 fully saturated rings. The molecule has 0 N–H and O–H groups in total. The molecule has 3 aliphatic rings. The lowest BCUT2D eigenvalue weighted by atomic mass is 10.1. The van der Waals surface area contributed by atoms with Crippen molar-refractivity contribution in [1.82, 2.24) is 0 Å². The molecule has 0 aromatic rings. The normalized spacial score (nSPS) is 36.9. The van der Waals surface area contributed by atoms with Crippen molar-refractivity contribution in [1.29, 1.82) is 0 Å². The molecule has 0 aliphatic carbocycles. The molecule has 3 nitrogen and oxygen atoms in total. The van der Waals surface area contributed by atoms with Gasteiger partial charge in [0, 0.05) is 6.92 Å². The molecule has 94 valence electrons. The van der Waals surface area contributed by atoms with Crippen LogP contribution in [-0.4, -0.2) is 72.7 Å². The minimum absolute atomic E-state index is 0. The highest BCUT2D eigenvalue weighted by Crippen LogP contribution is 2.25. The van der Waals surface area contributed by atoms with Crippen LogP contribution in [0.3, 0.4) is 0 Å². The Bertz CT molecular complexity index is 248. The molecule has 0 aromatic carbocycles. The fourth-order valence-corrected chi connectivity index (χ4v) is 3.52. The lowest BCUT2D eigenvalue weighted by molar-refractivity contribution is -1.07. The summed E-state index contributed by atoms with van der Waals surface area (Å²) in [5.41, 5.74) is 0. The van der Waals surface area contributed by atoms with Crippen molar-refractivity contribution in [2.75, 3.05) is 58.6 Å². The van der Waals surface area contributed by atoms with Crippen molar-refractivity contribution >= 4 is 33.9 Å². The Morgan fingerprint density at radius 1 is 1.12 bits per heavy atom. The lowest BCUT2D eigenvalue weighted by Crippen LogP contribution is -2.74. The lowest BCUT2D eigenvalue weighted by Gasteiger charge is -2.54. The van der Waals surface area contributed by atoms with Crippen LogP contribution in [0.2, 0.25) is 0 Å². The van der Waals surface area contributed by atoms with E-state index in [2.05, 4.69) is 7.05 Å². The fourth-order valence-electron chi connectivity index (χ4n) is 2.75. The van der Waals surface area contributed by atoms with Crippen LogP contribution in [0.1, 0.15) is 6.92 Å². The molecule has 0 saturated carbocycles. The zero-order valence-electron chi connectivity index (χ0n) is 10.3. The SMILES string of the molecule is Br.CC(=O)SCC[N+]12CC[N+](C)(CC1)CC2. The number of piperazine rings is 3. The van der Waals surface area contributed by atoms with E-state index >= 15 is 0 Å². The van der Waals surface area contributed by atoms with Gasteiger partial charge in [0.2, 0.25) is 0 Å². The van der Waals surface area contributed by atoms with Crippen LogP contribution < -0.4 is 0 Å². The smallest absolute Gasteiger partial charge is 0.186 e. The Kier molecular flexibility index (Phi) is 4.87. The molecule has 0 unspecified atom stereocenters. The van der Waals surface area contributed by atoms with Crippen molar-refractivity contribution in [3.05, 3.63) is 0 Å². The van der Waals surface area contributed by atoms with Gasteiger partial charge in [-0.1, -0.05) is 11.8 Å². The van der Waals surface area contributed by atoms with E-state index in [0.29, 0.717) is 0 Å². The zero-order valence-corrected chi connectivity index (χ0v) is 12.8. The highest BCUT2D eigenvalue weighted by molar-refractivity contribution is 8.93. The number of quaternary nitrogens is 2. The second-order valence-corrected chi connectivity index (χ2v) is 6.64. The summed E-state index contributed by atoms with van der Waals surface area (Å²) in [4.78, 5) is 10.9. The highest BCUT2D eigenvalue weighted by atomic mass is 79.9. The van der Waals surface area contributed by atoms with Gasteiger partial charge in [0.25, 0.3) is 0 Å². The van der Waals surface area contributed by atoms with Crippen molar-refractivity contribution < 1.29 is 13.8 Å². The average molecular weight is 311 g/mol.